The predicted octanol–water partition coefficient (Wildman–Crippen LogP) is 2.51. The highest BCUT2D eigenvalue weighted by Crippen LogP contribution is 2.15. The van der Waals surface area contributed by atoms with E-state index in [-0.39, 0.29) is 17.9 Å². The Hall–Kier alpha value is -3.15. The van der Waals surface area contributed by atoms with Gasteiger partial charge in [0.15, 0.2) is 0 Å². The number of carbonyl (C=O) groups excluding carboxylic acids is 1. The number of hydrogen-bond donors (Lipinski definition) is 1. The molecule has 1 heterocycles. The standard InChI is InChI=1S/C19H19N3O3/c1-22-17(21-16-6-4-3-5-15(16)19(22)24)11-12-18(23)20-13-7-9-14(25-2)10-8-13/h3-10H,11-12H2,1-2H3,(H,20,23). The summed E-state index contributed by atoms with van der Waals surface area (Å²) in [7, 11) is 3.27. The SMILES string of the molecule is COc1ccc(NC(=O)CCc2nc3ccccc3c(=O)n2C)cc1. The molecule has 3 aromatic rings. The molecule has 1 amide bonds. The lowest BCUT2D eigenvalue weighted by molar-refractivity contribution is -0.116. The van der Waals surface area contributed by atoms with Crippen LogP contribution in [0.25, 0.3) is 10.9 Å². The van der Waals surface area contributed by atoms with Crippen LogP contribution < -0.4 is 15.6 Å². The third-order valence-electron chi connectivity index (χ3n) is 4.03. The van der Waals surface area contributed by atoms with Crippen LogP contribution in [-0.2, 0) is 18.3 Å². The number of aromatic nitrogens is 2. The van der Waals surface area contributed by atoms with Crippen LogP contribution in [0.3, 0.4) is 0 Å². The molecule has 0 saturated heterocycles. The van der Waals surface area contributed by atoms with Crippen molar-refractivity contribution in [1.82, 2.24) is 9.55 Å². The first kappa shape index (κ1) is 16.7. The Morgan fingerprint density at radius 2 is 1.88 bits per heavy atom. The van der Waals surface area contributed by atoms with E-state index in [4.69, 9.17) is 4.74 Å². The molecule has 6 heteroatoms. The third kappa shape index (κ3) is 3.68. The lowest BCUT2D eigenvalue weighted by Crippen LogP contribution is -2.23. The van der Waals surface area contributed by atoms with Crippen LogP contribution >= 0.6 is 0 Å². The summed E-state index contributed by atoms with van der Waals surface area (Å²) in [4.78, 5) is 29.0. The molecule has 0 saturated carbocycles. The van der Waals surface area contributed by atoms with E-state index in [1.54, 1.807) is 50.6 Å². The van der Waals surface area contributed by atoms with Crippen LogP contribution in [-0.4, -0.2) is 22.6 Å². The third-order valence-corrected chi connectivity index (χ3v) is 4.03. The average molecular weight is 337 g/mol. The molecule has 2 aromatic carbocycles. The van der Waals surface area contributed by atoms with Crippen LogP contribution in [0.4, 0.5) is 5.69 Å². The molecule has 3 rings (SSSR count). The molecule has 1 N–H and O–H groups in total. The van der Waals surface area contributed by atoms with Crippen LogP contribution in [0, 0.1) is 0 Å². The molecule has 0 radical (unpaired) electrons. The predicted molar refractivity (Wildman–Crippen MR) is 96.9 cm³/mol. The number of methoxy groups -OCH3 is 1. The van der Waals surface area contributed by atoms with E-state index < -0.39 is 0 Å². The van der Waals surface area contributed by atoms with Gasteiger partial charge < -0.3 is 10.1 Å². The van der Waals surface area contributed by atoms with E-state index >= 15 is 0 Å². The number of nitrogens with one attached hydrogen (secondary N) is 1. The zero-order valence-electron chi connectivity index (χ0n) is 14.2. The second kappa shape index (κ2) is 7.17. The molecule has 1 aromatic heterocycles. The lowest BCUT2D eigenvalue weighted by Gasteiger charge is -2.10. The van der Waals surface area contributed by atoms with Crippen molar-refractivity contribution in [3.8, 4) is 5.75 Å². The minimum atomic E-state index is -0.132. The molecule has 0 aliphatic carbocycles. The summed E-state index contributed by atoms with van der Waals surface area (Å²) in [5.41, 5.74) is 1.25. The van der Waals surface area contributed by atoms with Gasteiger partial charge in [-0.1, -0.05) is 12.1 Å². The number of carbonyl (C=O) groups is 1. The molecule has 0 fully saturated rings. The molecule has 0 bridgehead atoms. The Kier molecular flexibility index (Phi) is 4.79. The smallest absolute Gasteiger partial charge is 0.261 e. The maximum atomic E-state index is 12.4. The maximum absolute atomic E-state index is 12.4. The fourth-order valence-corrected chi connectivity index (χ4v) is 2.61. The summed E-state index contributed by atoms with van der Waals surface area (Å²) < 4.78 is 6.59. The van der Waals surface area contributed by atoms with E-state index in [1.165, 1.54) is 4.57 Å². The summed E-state index contributed by atoms with van der Waals surface area (Å²) in [5, 5.41) is 3.41. The number of nitrogens with zero attached hydrogens (tertiary/aromatic N) is 2. The summed E-state index contributed by atoms with van der Waals surface area (Å²) >= 11 is 0. The van der Waals surface area contributed by atoms with Crippen LogP contribution in [0.15, 0.2) is 53.3 Å². The first-order valence-electron chi connectivity index (χ1n) is 7.97. The molecule has 0 unspecified atom stereocenters. The van der Waals surface area contributed by atoms with Crippen molar-refractivity contribution in [2.45, 2.75) is 12.8 Å². The number of rotatable bonds is 5. The molecule has 128 valence electrons. The zero-order valence-corrected chi connectivity index (χ0v) is 14.2. The lowest BCUT2D eigenvalue weighted by atomic mass is 10.2. The molecule has 0 atom stereocenters. The van der Waals surface area contributed by atoms with Crippen molar-refractivity contribution in [2.75, 3.05) is 12.4 Å². The van der Waals surface area contributed by atoms with Gasteiger partial charge in [0.05, 0.1) is 18.0 Å². The topological polar surface area (TPSA) is 73.2 Å². The Labute approximate surface area is 145 Å². The Morgan fingerprint density at radius 1 is 1.16 bits per heavy atom. The normalized spacial score (nSPS) is 10.6. The molecular formula is C19H19N3O3. The fourth-order valence-electron chi connectivity index (χ4n) is 2.61. The summed E-state index contributed by atoms with van der Waals surface area (Å²) in [6.07, 6.45) is 0.628. The van der Waals surface area contributed by atoms with Crippen molar-refractivity contribution >= 4 is 22.5 Å². The number of aryl methyl sites for hydroxylation is 1. The Bertz CT molecular complexity index is 962. The van der Waals surface area contributed by atoms with Crippen molar-refractivity contribution in [1.29, 1.82) is 0 Å². The first-order valence-corrected chi connectivity index (χ1v) is 7.97. The average Bonchev–Trinajstić information content (AvgIpc) is 2.64. The van der Waals surface area contributed by atoms with Crippen molar-refractivity contribution < 1.29 is 9.53 Å². The van der Waals surface area contributed by atoms with Gasteiger partial charge in [-0.05, 0) is 36.4 Å². The Balaban J connectivity index is 1.70. The van der Waals surface area contributed by atoms with Gasteiger partial charge >= 0.3 is 0 Å². The number of para-hydroxylation sites is 1. The largest absolute Gasteiger partial charge is 0.497 e. The number of ether oxygens (including phenoxy) is 1. The summed E-state index contributed by atoms with van der Waals surface area (Å²) in [6, 6.07) is 14.3. The summed E-state index contributed by atoms with van der Waals surface area (Å²) in [6.45, 7) is 0. The minimum Gasteiger partial charge on any atom is -0.497 e. The zero-order chi connectivity index (χ0) is 17.8. The molecule has 6 nitrogen and oxygen atoms in total. The van der Waals surface area contributed by atoms with Gasteiger partial charge in [0, 0.05) is 25.6 Å². The van der Waals surface area contributed by atoms with E-state index in [0.29, 0.717) is 28.8 Å². The van der Waals surface area contributed by atoms with Gasteiger partial charge in [-0.2, -0.15) is 0 Å². The molecule has 0 spiro atoms. The molecular weight excluding hydrogens is 318 g/mol. The highest BCUT2D eigenvalue weighted by atomic mass is 16.5. The van der Waals surface area contributed by atoms with Gasteiger partial charge in [0.2, 0.25) is 5.91 Å². The van der Waals surface area contributed by atoms with E-state index in [1.807, 2.05) is 12.1 Å². The van der Waals surface area contributed by atoms with E-state index in [9.17, 15) is 9.59 Å². The van der Waals surface area contributed by atoms with E-state index in [0.717, 1.165) is 5.75 Å². The number of hydrogen-bond acceptors (Lipinski definition) is 4. The number of fused-ring (bicyclic) bond motifs is 1. The van der Waals surface area contributed by atoms with Crippen LogP contribution in [0.5, 0.6) is 5.75 Å². The second-order valence-electron chi connectivity index (χ2n) is 5.69. The maximum Gasteiger partial charge on any atom is 0.261 e. The number of anilines is 1. The van der Waals surface area contributed by atoms with Gasteiger partial charge in [-0.25, -0.2) is 4.98 Å². The second-order valence-corrected chi connectivity index (χ2v) is 5.69. The quantitative estimate of drug-likeness (QED) is 0.776. The van der Waals surface area contributed by atoms with E-state index in [2.05, 4.69) is 10.3 Å². The fraction of sp³-hybridized carbons (Fsp3) is 0.211. The number of amides is 1. The van der Waals surface area contributed by atoms with Crippen LogP contribution in [0.2, 0.25) is 0 Å². The van der Waals surface area contributed by atoms with Crippen molar-refractivity contribution in [2.24, 2.45) is 7.05 Å². The highest BCUT2D eigenvalue weighted by molar-refractivity contribution is 5.90. The van der Waals surface area contributed by atoms with Gasteiger partial charge in [0.25, 0.3) is 5.56 Å². The van der Waals surface area contributed by atoms with Crippen molar-refractivity contribution in [3.05, 3.63) is 64.7 Å². The first-order chi connectivity index (χ1) is 12.1. The molecule has 0 aliphatic heterocycles. The van der Waals surface area contributed by atoms with Gasteiger partial charge in [-0.3, -0.25) is 14.2 Å². The summed E-state index contributed by atoms with van der Waals surface area (Å²) in [5.74, 6) is 1.19. The van der Waals surface area contributed by atoms with Crippen molar-refractivity contribution in [3.63, 3.8) is 0 Å². The molecule has 25 heavy (non-hydrogen) atoms. The van der Waals surface area contributed by atoms with Crippen LogP contribution in [0.1, 0.15) is 12.2 Å². The monoisotopic (exact) mass is 337 g/mol. The molecule has 0 aliphatic rings. The highest BCUT2D eigenvalue weighted by Gasteiger charge is 2.10. The van der Waals surface area contributed by atoms with Gasteiger partial charge in [-0.15, -0.1) is 0 Å². The number of benzene rings is 2. The van der Waals surface area contributed by atoms with Gasteiger partial charge in [0.1, 0.15) is 11.6 Å². The Morgan fingerprint density at radius 3 is 2.60 bits per heavy atom. The minimum absolute atomic E-state index is 0.101.